The largest absolute Gasteiger partial charge is 0.286 e. The number of rotatable bonds is 0. The summed E-state index contributed by atoms with van der Waals surface area (Å²) in [6, 6.07) is 1.90. The van der Waals surface area contributed by atoms with Crippen molar-refractivity contribution in [2.75, 3.05) is 0 Å². The second kappa shape index (κ2) is 2.06. The third-order valence-electron chi connectivity index (χ3n) is 1.44. The van der Waals surface area contributed by atoms with E-state index in [0.29, 0.717) is 5.02 Å². The maximum atomic E-state index is 5.71. The van der Waals surface area contributed by atoms with Crippen LogP contribution in [0.4, 0.5) is 0 Å². The lowest BCUT2D eigenvalue weighted by Gasteiger charge is -1.94. The summed E-state index contributed by atoms with van der Waals surface area (Å²) in [5.74, 6) is 0. The zero-order chi connectivity index (χ0) is 6.97. The molecule has 2 nitrogen and oxygen atoms in total. The molecule has 0 saturated heterocycles. The number of hydrogen-bond donors (Lipinski definition) is 0. The monoisotopic (exact) mass is 152 g/mol. The maximum Gasteiger partial charge on any atom is 0.0859 e. The summed E-state index contributed by atoms with van der Waals surface area (Å²) in [7, 11) is 0. The average molecular weight is 153 g/mol. The molecule has 0 amide bonds. The van der Waals surface area contributed by atoms with Crippen LogP contribution >= 0.6 is 11.6 Å². The molecule has 1 aromatic rings. The van der Waals surface area contributed by atoms with Gasteiger partial charge in [0, 0.05) is 18.0 Å². The standard InChI is InChI=1S/C7H5ClN2/c8-6-1-5-2-9-4-7(5)10-3-6/h1,3-4H,2H2. The van der Waals surface area contributed by atoms with Crippen LogP contribution in [0.15, 0.2) is 17.3 Å². The van der Waals surface area contributed by atoms with Gasteiger partial charge in [-0.25, -0.2) is 0 Å². The van der Waals surface area contributed by atoms with Crippen LogP contribution in [0.5, 0.6) is 0 Å². The Morgan fingerprint density at radius 2 is 2.40 bits per heavy atom. The van der Waals surface area contributed by atoms with Gasteiger partial charge in [0.25, 0.3) is 0 Å². The van der Waals surface area contributed by atoms with E-state index in [0.717, 1.165) is 17.8 Å². The molecule has 0 radical (unpaired) electrons. The molecule has 1 aromatic heterocycles. The fourth-order valence-electron chi connectivity index (χ4n) is 0.965. The summed E-state index contributed by atoms with van der Waals surface area (Å²) in [6.07, 6.45) is 3.41. The topological polar surface area (TPSA) is 25.2 Å². The minimum atomic E-state index is 0.684. The van der Waals surface area contributed by atoms with E-state index < -0.39 is 0 Å². The normalized spacial score (nSPS) is 13.7. The number of halogens is 1. The van der Waals surface area contributed by atoms with Crippen molar-refractivity contribution in [1.82, 2.24) is 4.98 Å². The SMILES string of the molecule is Clc1cnc2c(c1)CN=C2. The number of pyridine rings is 1. The van der Waals surface area contributed by atoms with Gasteiger partial charge in [-0.05, 0) is 6.07 Å². The van der Waals surface area contributed by atoms with Crippen molar-refractivity contribution >= 4 is 17.8 Å². The highest BCUT2D eigenvalue weighted by Gasteiger charge is 2.06. The zero-order valence-electron chi connectivity index (χ0n) is 5.21. The molecule has 1 aliphatic heterocycles. The smallest absolute Gasteiger partial charge is 0.0859 e. The fourth-order valence-corrected chi connectivity index (χ4v) is 1.15. The molecule has 0 fully saturated rings. The Hall–Kier alpha value is -0.890. The first-order valence-corrected chi connectivity index (χ1v) is 3.38. The minimum Gasteiger partial charge on any atom is -0.286 e. The highest BCUT2D eigenvalue weighted by Crippen LogP contribution is 2.16. The summed E-state index contributed by atoms with van der Waals surface area (Å²) >= 11 is 5.71. The second-order valence-electron chi connectivity index (χ2n) is 2.17. The predicted octanol–water partition coefficient (Wildman–Crippen LogP) is 1.67. The molecule has 3 heteroatoms. The summed E-state index contributed by atoms with van der Waals surface area (Å²) in [5, 5.41) is 0.684. The number of nitrogens with zero attached hydrogens (tertiary/aromatic N) is 2. The molecule has 0 N–H and O–H groups in total. The number of aliphatic imine (C=N–C) groups is 1. The van der Waals surface area contributed by atoms with Crippen molar-refractivity contribution in [2.24, 2.45) is 4.99 Å². The van der Waals surface area contributed by atoms with Crippen molar-refractivity contribution in [1.29, 1.82) is 0 Å². The molecular formula is C7H5ClN2. The molecule has 1 aliphatic rings. The van der Waals surface area contributed by atoms with Gasteiger partial charge < -0.3 is 0 Å². The van der Waals surface area contributed by atoms with Gasteiger partial charge in [0.2, 0.25) is 0 Å². The number of hydrogen-bond acceptors (Lipinski definition) is 2. The van der Waals surface area contributed by atoms with Gasteiger partial charge >= 0.3 is 0 Å². The highest BCUT2D eigenvalue weighted by atomic mass is 35.5. The molecule has 2 heterocycles. The average Bonchev–Trinajstić information content (AvgIpc) is 2.33. The zero-order valence-corrected chi connectivity index (χ0v) is 5.97. The fraction of sp³-hybridized carbons (Fsp3) is 0.143. The van der Waals surface area contributed by atoms with E-state index in [2.05, 4.69) is 9.98 Å². The van der Waals surface area contributed by atoms with E-state index in [1.165, 1.54) is 0 Å². The van der Waals surface area contributed by atoms with Gasteiger partial charge in [0.15, 0.2) is 0 Å². The summed E-state index contributed by atoms with van der Waals surface area (Å²) in [5.41, 5.74) is 2.07. The Morgan fingerprint density at radius 3 is 3.30 bits per heavy atom. The van der Waals surface area contributed by atoms with Crippen molar-refractivity contribution < 1.29 is 0 Å². The number of fused-ring (bicyclic) bond motifs is 1. The molecule has 0 spiro atoms. The van der Waals surface area contributed by atoms with Gasteiger partial charge in [0.1, 0.15) is 0 Å². The van der Waals surface area contributed by atoms with Crippen molar-refractivity contribution in [3.8, 4) is 0 Å². The molecule has 0 aromatic carbocycles. The Bertz CT molecular complexity index is 294. The van der Waals surface area contributed by atoms with E-state index in [1.807, 2.05) is 6.07 Å². The first kappa shape index (κ1) is 5.86. The molecule has 0 unspecified atom stereocenters. The Kier molecular flexibility index (Phi) is 1.21. The predicted molar refractivity (Wildman–Crippen MR) is 40.5 cm³/mol. The maximum absolute atomic E-state index is 5.71. The van der Waals surface area contributed by atoms with Gasteiger partial charge in [-0.1, -0.05) is 11.6 Å². The molecule has 0 saturated carbocycles. The lowest BCUT2D eigenvalue weighted by Crippen LogP contribution is -1.87. The van der Waals surface area contributed by atoms with Crippen LogP contribution in [-0.2, 0) is 6.54 Å². The van der Waals surface area contributed by atoms with Gasteiger partial charge in [0.05, 0.1) is 17.3 Å². The van der Waals surface area contributed by atoms with Crippen molar-refractivity contribution in [3.05, 3.63) is 28.5 Å². The van der Waals surface area contributed by atoms with Gasteiger partial charge in [-0.3, -0.25) is 9.98 Å². The summed E-state index contributed by atoms with van der Waals surface area (Å²) in [6.45, 7) is 0.725. The van der Waals surface area contributed by atoms with Crippen molar-refractivity contribution in [3.63, 3.8) is 0 Å². The van der Waals surface area contributed by atoms with Crippen LogP contribution < -0.4 is 0 Å². The summed E-state index contributed by atoms with van der Waals surface area (Å²) < 4.78 is 0. The van der Waals surface area contributed by atoms with Crippen LogP contribution in [0.3, 0.4) is 0 Å². The highest BCUT2D eigenvalue weighted by molar-refractivity contribution is 6.30. The minimum absolute atomic E-state index is 0.684. The van der Waals surface area contributed by atoms with E-state index in [-0.39, 0.29) is 0 Å². The van der Waals surface area contributed by atoms with E-state index in [1.54, 1.807) is 12.4 Å². The van der Waals surface area contributed by atoms with E-state index in [9.17, 15) is 0 Å². The lowest BCUT2D eigenvalue weighted by molar-refractivity contribution is 1.09. The summed E-state index contributed by atoms with van der Waals surface area (Å²) in [4.78, 5) is 8.12. The molecule has 2 rings (SSSR count). The first-order valence-electron chi connectivity index (χ1n) is 3.00. The van der Waals surface area contributed by atoms with Gasteiger partial charge in [-0.2, -0.15) is 0 Å². The van der Waals surface area contributed by atoms with Crippen LogP contribution in [0.1, 0.15) is 11.3 Å². The first-order chi connectivity index (χ1) is 4.86. The lowest BCUT2D eigenvalue weighted by atomic mass is 10.2. The quantitative estimate of drug-likeness (QED) is 0.555. The van der Waals surface area contributed by atoms with Crippen LogP contribution in [0, 0.1) is 0 Å². The molecule has 50 valence electrons. The molecule has 0 bridgehead atoms. The van der Waals surface area contributed by atoms with E-state index in [4.69, 9.17) is 11.6 Å². The number of aromatic nitrogens is 1. The van der Waals surface area contributed by atoms with Crippen LogP contribution in [-0.4, -0.2) is 11.2 Å². The molecule has 0 atom stereocenters. The molecule has 0 aliphatic carbocycles. The van der Waals surface area contributed by atoms with E-state index >= 15 is 0 Å². The third kappa shape index (κ3) is 0.809. The Morgan fingerprint density at radius 1 is 1.50 bits per heavy atom. The molecule has 10 heavy (non-hydrogen) atoms. The van der Waals surface area contributed by atoms with Crippen molar-refractivity contribution in [2.45, 2.75) is 6.54 Å². The Labute approximate surface area is 63.6 Å². The van der Waals surface area contributed by atoms with Crippen LogP contribution in [0.25, 0.3) is 0 Å². The van der Waals surface area contributed by atoms with Gasteiger partial charge in [-0.15, -0.1) is 0 Å². The third-order valence-corrected chi connectivity index (χ3v) is 1.65. The molecular weight excluding hydrogens is 148 g/mol. The van der Waals surface area contributed by atoms with Crippen LogP contribution in [0.2, 0.25) is 5.02 Å². The second-order valence-corrected chi connectivity index (χ2v) is 2.60. The Balaban J connectivity index is 2.59.